The standard InChI is InChI=1S/C20H22FNO3/c1-13-18(20(24)25-2)17(12-14-8-10-15(21)11-9-14)19(23)22(13)16-6-4-3-5-7-16/h8-12,16H,3-7H2,1-2H3. The summed E-state index contributed by atoms with van der Waals surface area (Å²) in [5, 5.41) is 0. The summed E-state index contributed by atoms with van der Waals surface area (Å²) in [5.41, 5.74) is 1.95. The number of carbonyl (C=O) groups is 2. The van der Waals surface area contributed by atoms with Crippen molar-refractivity contribution in [3.63, 3.8) is 0 Å². The molecule has 0 N–H and O–H groups in total. The number of amides is 1. The zero-order valence-electron chi connectivity index (χ0n) is 14.5. The quantitative estimate of drug-likeness (QED) is 0.619. The van der Waals surface area contributed by atoms with Crippen molar-refractivity contribution >= 4 is 18.0 Å². The molecule has 0 saturated heterocycles. The van der Waals surface area contributed by atoms with Crippen LogP contribution >= 0.6 is 0 Å². The molecule has 1 aromatic carbocycles. The minimum absolute atomic E-state index is 0.125. The molecule has 1 aromatic rings. The Morgan fingerprint density at radius 2 is 1.84 bits per heavy atom. The number of methoxy groups -OCH3 is 1. The van der Waals surface area contributed by atoms with Crippen LogP contribution in [0.4, 0.5) is 4.39 Å². The first-order valence-electron chi connectivity index (χ1n) is 8.63. The Morgan fingerprint density at radius 3 is 2.44 bits per heavy atom. The van der Waals surface area contributed by atoms with Crippen molar-refractivity contribution in [3.8, 4) is 0 Å². The van der Waals surface area contributed by atoms with Gasteiger partial charge >= 0.3 is 5.97 Å². The number of nitrogens with zero attached hydrogens (tertiary/aromatic N) is 1. The van der Waals surface area contributed by atoms with Gasteiger partial charge in [0.25, 0.3) is 5.91 Å². The van der Waals surface area contributed by atoms with Crippen LogP contribution in [-0.4, -0.2) is 29.9 Å². The number of hydrogen-bond donors (Lipinski definition) is 0. The smallest absolute Gasteiger partial charge is 0.340 e. The van der Waals surface area contributed by atoms with Gasteiger partial charge in [0.15, 0.2) is 0 Å². The molecule has 1 saturated carbocycles. The lowest BCUT2D eigenvalue weighted by Crippen LogP contribution is -2.37. The maximum absolute atomic E-state index is 13.1. The summed E-state index contributed by atoms with van der Waals surface area (Å²) < 4.78 is 18.0. The monoisotopic (exact) mass is 343 g/mol. The first kappa shape index (κ1) is 17.4. The summed E-state index contributed by atoms with van der Waals surface area (Å²) >= 11 is 0. The average Bonchev–Trinajstić information content (AvgIpc) is 2.87. The Morgan fingerprint density at radius 1 is 1.20 bits per heavy atom. The highest BCUT2D eigenvalue weighted by Crippen LogP contribution is 2.36. The van der Waals surface area contributed by atoms with Crippen LogP contribution in [0.15, 0.2) is 41.1 Å². The van der Waals surface area contributed by atoms with Crippen LogP contribution in [0.3, 0.4) is 0 Å². The molecule has 2 aliphatic rings. The van der Waals surface area contributed by atoms with E-state index in [9.17, 15) is 14.0 Å². The molecular formula is C20H22FNO3. The van der Waals surface area contributed by atoms with Crippen LogP contribution in [-0.2, 0) is 14.3 Å². The third-order valence-corrected chi connectivity index (χ3v) is 4.95. The molecule has 1 fully saturated rings. The zero-order valence-corrected chi connectivity index (χ0v) is 14.5. The molecule has 0 radical (unpaired) electrons. The number of halogens is 1. The summed E-state index contributed by atoms with van der Waals surface area (Å²) in [6.45, 7) is 1.80. The molecule has 1 heterocycles. The number of hydrogen-bond acceptors (Lipinski definition) is 3. The average molecular weight is 343 g/mol. The third-order valence-electron chi connectivity index (χ3n) is 4.95. The molecule has 0 spiro atoms. The summed E-state index contributed by atoms with van der Waals surface area (Å²) in [5.74, 6) is -1.03. The Balaban J connectivity index is 2.02. The molecule has 5 heteroatoms. The van der Waals surface area contributed by atoms with Crippen molar-refractivity contribution in [3.05, 3.63) is 52.5 Å². The van der Waals surface area contributed by atoms with Gasteiger partial charge in [-0.25, -0.2) is 9.18 Å². The fourth-order valence-corrected chi connectivity index (χ4v) is 3.70. The predicted octanol–water partition coefficient (Wildman–Crippen LogP) is 3.83. The molecule has 0 unspecified atom stereocenters. The lowest BCUT2D eigenvalue weighted by Gasteiger charge is -2.32. The Labute approximate surface area is 147 Å². The van der Waals surface area contributed by atoms with E-state index in [1.54, 1.807) is 30.0 Å². The molecule has 3 rings (SSSR count). The minimum atomic E-state index is -0.516. The number of esters is 1. The van der Waals surface area contributed by atoms with Gasteiger partial charge in [-0.3, -0.25) is 4.79 Å². The number of ether oxygens (including phenoxy) is 1. The van der Waals surface area contributed by atoms with E-state index in [0.717, 1.165) is 25.7 Å². The first-order valence-corrected chi connectivity index (χ1v) is 8.63. The van der Waals surface area contributed by atoms with Gasteiger partial charge in [-0.15, -0.1) is 0 Å². The van der Waals surface area contributed by atoms with E-state index in [1.165, 1.54) is 25.7 Å². The van der Waals surface area contributed by atoms with E-state index in [0.29, 0.717) is 22.4 Å². The van der Waals surface area contributed by atoms with Gasteiger partial charge in [0.1, 0.15) is 5.82 Å². The second-order valence-corrected chi connectivity index (χ2v) is 6.53. The van der Waals surface area contributed by atoms with Gasteiger partial charge in [0, 0.05) is 11.7 Å². The van der Waals surface area contributed by atoms with E-state index >= 15 is 0 Å². The van der Waals surface area contributed by atoms with Crippen molar-refractivity contribution in [2.75, 3.05) is 7.11 Å². The molecule has 0 bridgehead atoms. The number of benzene rings is 1. The fraction of sp³-hybridized carbons (Fsp3) is 0.400. The van der Waals surface area contributed by atoms with E-state index < -0.39 is 5.97 Å². The third kappa shape index (κ3) is 3.36. The summed E-state index contributed by atoms with van der Waals surface area (Å²) in [7, 11) is 1.31. The van der Waals surface area contributed by atoms with E-state index in [2.05, 4.69) is 0 Å². The van der Waals surface area contributed by atoms with Crippen LogP contribution in [0.25, 0.3) is 6.08 Å². The van der Waals surface area contributed by atoms with Gasteiger partial charge in [-0.05, 0) is 43.5 Å². The number of carbonyl (C=O) groups excluding carboxylic acids is 2. The molecular weight excluding hydrogens is 321 g/mol. The Hall–Kier alpha value is -2.43. The maximum Gasteiger partial charge on any atom is 0.340 e. The van der Waals surface area contributed by atoms with Crippen LogP contribution in [0.1, 0.15) is 44.6 Å². The van der Waals surface area contributed by atoms with E-state index in [1.807, 2.05) is 0 Å². The van der Waals surface area contributed by atoms with Crippen LogP contribution in [0, 0.1) is 5.82 Å². The minimum Gasteiger partial charge on any atom is -0.465 e. The number of rotatable bonds is 3. The second-order valence-electron chi connectivity index (χ2n) is 6.53. The fourth-order valence-electron chi connectivity index (χ4n) is 3.70. The maximum atomic E-state index is 13.1. The molecule has 1 aliphatic carbocycles. The zero-order chi connectivity index (χ0) is 18.0. The second kappa shape index (κ2) is 7.21. The molecule has 25 heavy (non-hydrogen) atoms. The highest BCUT2D eigenvalue weighted by molar-refractivity contribution is 6.16. The van der Waals surface area contributed by atoms with Crippen LogP contribution in [0.2, 0.25) is 0 Å². The van der Waals surface area contributed by atoms with Crippen molar-refractivity contribution in [2.45, 2.75) is 45.1 Å². The van der Waals surface area contributed by atoms with Crippen molar-refractivity contribution in [2.24, 2.45) is 0 Å². The molecule has 0 atom stereocenters. The number of allylic oxidation sites excluding steroid dienone is 1. The normalized spacial score (nSPS) is 20.5. The lowest BCUT2D eigenvalue weighted by molar-refractivity contribution is -0.136. The lowest BCUT2D eigenvalue weighted by atomic mass is 9.94. The van der Waals surface area contributed by atoms with Gasteiger partial charge in [0.05, 0.1) is 18.3 Å². The predicted molar refractivity (Wildman–Crippen MR) is 92.8 cm³/mol. The largest absolute Gasteiger partial charge is 0.465 e. The molecule has 4 nitrogen and oxygen atoms in total. The summed E-state index contributed by atoms with van der Waals surface area (Å²) in [6.07, 6.45) is 6.89. The highest BCUT2D eigenvalue weighted by atomic mass is 19.1. The van der Waals surface area contributed by atoms with Gasteiger partial charge in [-0.2, -0.15) is 0 Å². The van der Waals surface area contributed by atoms with Crippen LogP contribution < -0.4 is 0 Å². The SMILES string of the molecule is COC(=O)C1=C(C)N(C2CCCCC2)C(=O)C1=Cc1ccc(F)cc1. The van der Waals surface area contributed by atoms with Gasteiger partial charge < -0.3 is 9.64 Å². The van der Waals surface area contributed by atoms with E-state index in [-0.39, 0.29) is 17.8 Å². The molecule has 132 valence electrons. The van der Waals surface area contributed by atoms with Crippen molar-refractivity contribution in [1.29, 1.82) is 0 Å². The Bertz CT molecular complexity index is 743. The Kier molecular flexibility index (Phi) is 5.02. The van der Waals surface area contributed by atoms with Crippen molar-refractivity contribution in [1.82, 2.24) is 4.90 Å². The molecule has 1 amide bonds. The summed E-state index contributed by atoms with van der Waals surface area (Å²) in [4.78, 5) is 27.1. The molecule has 0 aromatic heterocycles. The van der Waals surface area contributed by atoms with Gasteiger partial charge in [-0.1, -0.05) is 31.4 Å². The van der Waals surface area contributed by atoms with Crippen molar-refractivity contribution < 1.29 is 18.7 Å². The molecule has 1 aliphatic heterocycles. The summed E-state index contributed by atoms with van der Waals surface area (Å²) in [6, 6.07) is 5.96. The first-order chi connectivity index (χ1) is 12.0. The topological polar surface area (TPSA) is 46.6 Å². The van der Waals surface area contributed by atoms with Gasteiger partial charge in [0.2, 0.25) is 0 Å². The van der Waals surface area contributed by atoms with E-state index in [4.69, 9.17) is 4.74 Å². The van der Waals surface area contributed by atoms with Crippen LogP contribution in [0.5, 0.6) is 0 Å². The highest BCUT2D eigenvalue weighted by Gasteiger charge is 2.40.